The van der Waals surface area contributed by atoms with Gasteiger partial charge in [0.15, 0.2) is 5.96 Å². The van der Waals surface area contributed by atoms with Gasteiger partial charge in [0.2, 0.25) is 11.7 Å². The van der Waals surface area contributed by atoms with Crippen molar-refractivity contribution in [2.24, 2.45) is 4.99 Å². The molecular formula is C21H24ClN5O2. The van der Waals surface area contributed by atoms with E-state index in [1.807, 2.05) is 19.1 Å². The van der Waals surface area contributed by atoms with E-state index in [9.17, 15) is 0 Å². The molecule has 152 valence electrons. The zero-order chi connectivity index (χ0) is 20.6. The van der Waals surface area contributed by atoms with Crippen LogP contribution < -0.4 is 15.4 Å². The second-order valence-corrected chi connectivity index (χ2v) is 6.87. The molecule has 0 saturated heterocycles. The maximum atomic E-state index is 6.01. The van der Waals surface area contributed by atoms with Crippen molar-refractivity contribution in [2.45, 2.75) is 19.9 Å². The Labute approximate surface area is 175 Å². The summed E-state index contributed by atoms with van der Waals surface area (Å²) in [5, 5.41) is 11.1. The van der Waals surface area contributed by atoms with Gasteiger partial charge in [0.1, 0.15) is 5.75 Å². The van der Waals surface area contributed by atoms with Crippen molar-refractivity contribution < 1.29 is 9.26 Å². The molecule has 29 heavy (non-hydrogen) atoms. The Morgan fingerprint density at radius 1 is 1.21 bits per heavy atom. The van der Waals surface area contributed by atoms with Crippen LogP contribution in [0.5, 0.6) is 5.75 Å². The summed E-state index contributed by atoms with van der Waals surface area (Å²) < 4.78 is 10.7. The van der Waals surface area contributed by atoms with E-state index in [1.54, 1.807) is 26.3 Å². The number of guanidine groups is 1. The van der Waals surface area contributed by atoms with Crippen molar-refractivity contribution in [3.63, 3.8) is 0 Å². The molecule has 0 atom stereocenters. The summed E-state index contributed by atoms with van der Waals surface area (Å²) >= 11 is 6.01. The molecule has 8 heteroatoms. The van der Waals surface area contributed by atoms with Gasteiger partial charge in [-0.05, 0) is 42.7 Å². The van der Waals surface area contributed by atoms with Crippen molar-refractivity contribution >= 4 is 17.6 Å². The average molecular weight is 414 g/mol. The van der Waals surface area contributed by atoms with Crippen LogP contribution in [0.3, 0.4) is 0 Å². The molecule has 0 radical (unpaired) electrons. The van der Waals surface area contributed by atoms with E-state index < -0.39 is 0 Å². The normalized spacial score (nSPS) is 11.4. The second kappa shape index (κ2) is 9.93. The van der Waals surface area contributed by atoms with E-state index in [2.05, 4.69) is 44.0 Å². The van der Waals surface area contributed by atoms with E-state index >= 15 is 0 Å². The lowest BCUT2D eigenvalue weighted by molar-refractivity contribution is 0.375. The van der Waals surface area contributed by atoms with Crippen LogP contribution in [0.2, 0.25) is 5.02 Å². The number of aliphatic imine (C=N–C) groups is 1. The van der Waals surface area contributed by atoms with Crippen molar-refractivity contribution in [2.75, 3.05) is 20.7 Å². The highest BCUT2D eigenvalue weighted by Gasteiger charge is 2.09. The van der Waals surface area contributed by atoms with Crippen molar-refractivity contribution in [3.05, 3.63) is 64.5 Å². The fourth-order valence-corrected chi connectivity index (χ4v) is 2.99. The maximum Gasteiger partial charge on any atom is 0.246 e. The van der Waals surface area contributed by atoms with Gasteiger partial charge < -0.3 is 19.9 Å². The predicted octanol–water partition coefficient (Wildman–Crippen LogP) is 3.61. The number of halogens is 1. The Balaban J connectivity index is 1.50. The number of aromatic nitrogens is 2. The average Bonchev–Trinajstić information content (AvgIpc) is 3.21. The SMILES string of the molecule is CN=C(NCCc1ccc(C)c(OC)c1)NCc1nc(-c2cccc(Cl)c2)no1. The Bertz CT molecular complexity index is 987. The third kappa shape index (κ3) is 5.71. The van der Waals surface area contributed by atoms with Gasteiger partial charge in [-0.15, -0.1) is 0 Å². The van der Waals surface area contributed by atoms with E-state index in [0.717, 1.165) is 29.8 Å². The molecule has 0 unspecified atom stereocenters. The van der Waals surface area contributed by atoms with Crippen LogP contribution in [0.1, 0.15) is 17.0 Å². The summed E-state index contributed by atoms with van der Waals surface area (Å²) in [6, 6.07) is 13.6. The number of methoxy groups -OCH3 is 1. The largest absolute Gasteiger partial charge is 0.496 e. The van der Waals surface area contributed by atoms with Crippen molar-refractivity contribution in [3.8, 4) is 17.1 Å². The molecule has 0 spiro atoms. The topological polar surface area (TPSA) is 84.6 Å². The Hall–Kier alpha value is -3.06. The third-order valence-electron chi connectivity index (χ3n) is 4.36. The first-order valence-electron chi connectivity index (χ1n) is 9.25. The Morgan fingerprint density at radius 3 is 2.83 bits per heavy atom. The van der Waals surface area contributed by atoms with Crippen molar-refractivity contribution in [1.82, 2.24) is 20.8 Å². The first kappa shape index (κ1) is 20.7. The van der Waals surface area contributed by atoms with Crippen LogP contribution in [0.4, 0.5) is 0 Å². The molecule has 2 N–H and O–H groups in total. The fourth-order valence-electron chi connectivity index (χ4n) is 2.80. The highest BCUT2D eigenvalue weighted by atomic mass is 35.5. The number of aryl methyl sites for hydroxylation is 1. The minimum absolute atomic E-state index is 0.367. The molecule has 3 rings (SSSR count). The van der Waals surface area contributed by atoms with Crippen LogP contribution in [-0.4, -0.2) is 36.8 Å². The van der Waals surface area contributed by atoms with Gasteiger partial charge in [-0.25, -0.2) is 0 Å². The minimum Gasteiger partial charge on any atom is -0.496 e. The number of ether oxygens (including phenoxy) is 1. The first-order chi connectivity index (χ1) is 14.1. The number of hydrogen-bond donors (Lipinski definition) is 2. The van der Waals surface area contributed by atoms with E-state index in [4.69, 9.17) is 20.9 Å². The standard InChI is InChI=1S/C21H24ClN5O2/c1-14-7-8-15(11-18(14)28-3)9-10-24-21(23-2)25-13-19-26-20(27-29-19)16-5-4-6-17(22)12-16/h4-8,11-12H,9-10,13H2,1-3H3,(H2,23,24,25). The number of benzene rings is 2. The zero-order valence-corrected chi connectivity index (χ0v) is 17.5. The summed E-state index contributed by atoms with van der Waals surface area (Å²) in [4.78, 5) is 8.61. The molecular weight excluding hydrogens is 390 g/mol. The summed E-state index contributed by atoms with van der Waals surface area (Å²) in [6.45, 7) is 3.12. The zero-order valence-electron chi connectivity index (χ0n) is 16.7. The molecule has 1 aromatic heterocycles. The van der Waals surface area contributed by atoms with E-state index in [0.29, 0.717) is 29.2 Å². The Morgan fingerprint density at radius 2 is 2.07 bits per heavy atom. The van der Waals surface area contributed by atoms with E-state index in [1.165, 1.54) is 5.56 Å². The molecule has 0 bridgehead atoms. The molecule has 2 aromatic carbocycles. The van der Waals surface area contributed by atoms with Gasteiger partial charge in [-0.3, -0.25) is 4.99 Å². The predicted molar refractivity (Wildman–Crippen MR) is 114 cm³/mol. The monoisotopic (exact) mass is 413 g/mol. The highest BCUT2D eigenvalue weighted by Crippen LogP contribution is 2.20. The minimum atomic E-state index is 0.367. The van der Waals surface area contributed by atoms with Crippen molar-refractivity contribution in [1.29, 1.82) is 0 Å². The quantitative estimate of drug-likeness (QED) is 0.454. The fraction of sp³-hybridized carbons (Fsp3) is 0.286. The van der Waals surface area contributed by atoms with Crippen LogP contribution in [0.25, 0.3) is 11.4 Å². The van der Waals surface area contributed by atoms with Crippen LogP contribution in [0, 0.1) is 6.92 Å². The molecule has 0 aliphatic heterocycles. The molecule has 0 fully saturated rings. The molecule has 1 heterocycles. The molecule has 3 aromatic rings. The van der Waals surface area contributed by atoms with Crippen LogP contribution in [0.15, 0.2) is 52.0 Å². The molecule has 0 amide bonds. The van der Waals surface area contributed by atoms with Gasteiger partial charge in [0.25, 0.3) is 0 Å². The summed E-state index contributed by atoms with van der Waals surface area (Å²) in [5.41, 5.74) is 3.13. The molecule has 0 saturated carbocycles. The first-order valence-corrected chi connectivity index (χ1v) is 9.63. The maximum absolute atomic E-state index is 6.01. The Kier molecular flexibility index (Phi) is 7.08. The number of hydrogen-bond acceptors (Lipinski definition) is 5. The summed E-state index contributed by atoms with van der Waals surface area (Å²) in [5.74, 6) is 2.52. The van der Waals surface area contributed by atoms with E-state index in [-0.39, 0.29) is 0 Å². The number of nitrogens with zero attached hydrogens (tertiary/aromatic N) is 3. The molecule has 7 nitrogen and oxygen atoms in total. The van der Waals surface area contributed by atoms with Gasteiger partial charge in [0, 0.05) is 24.2 Å². The summed E-state index contributed by atoms with van der Waals surface area (Å²) in [7, 11) is 3.40. The lowest BCUT2D eigenvalue weighted by Gasteiger charge is -2.11. The van der Waals surface area contributed by atoms with Gasteiger partial charge in [0.05, 0.1) is 13.7 Å². The lowest BCUT2D eigenvalue weighted by atomic mass is 10.1. The smallest absolute Gasteiger partial charge is 0.246 e. The second-order valence-electron chi connectivity index (χ2n) is 6.43. The molecule has 0 aliphatic rings. The van der Waals surface area contributed by atoms with Crippen LogP contribution in [-0.2, 0) is 13.0 Å². The van der Waals surface area contributed by atoms with Gasteiger partial charge >= 0.3 is 0 Å². The number of rotatable bonds is 7. The number of nitrogens with one attached hydrogen (secondary N) is 2. The van der Waals surface area contributed by atoms with Gasteiger partial charge in [-0.2, -0.15) is 4.98 Å². The van der Waals surface area contributed by atoms with Crippen LogP contribution >= 0.6 is 11.6 Å². The molecule has 0 aliphatic carbocycles. The highest BCUT2D eigenvalue weighted by molar-refractivity contribution is 6.30. The lowest BCUT2D eigenvalue weighted by Crippen LogP contribution is -2.37. The summed E-state index contributed by atoms with van der Waals surface area (Å²) in [6.07, 6.45) is 0.844. The third-order valence-corrected chi connectivity index (χ3v) is 4.60. The van der Waals surface area contributed by atoms with Gasteiger partial charge in [-0.1, -0.05) is 41.0 Å².